The Kier molecular flexibility index (Phi) is 6.08. The van der Waals surface area contributed by atoms with Crippen LogP contribution in [0.2, 0.25) is 0 Å². The molecular formula is C22H22N2O2S2. The van der Waals surface area contributed by atoms with Crippen LogP contribution in [-0.2, 0) is 12.8 Å². The first-order valence-electron chi connectivity index (χ1n) is 9.35. The van der Waals surface area contributed by atoms with Crippen molar-refractivity contribution in [3.8, 4) is 11.8 Å². The molecule has 1 aliphatic rings. The predicted octanol–water partition coefficient (Wildman–Crippen LogP) is 4.26. The van der Waals surface area contributed by atoms with E-state index in [1.165, 1.54) is 15.3 Å². The van der Waals surface area contributed by atoms with Gasteiger partial charge in [0.2, 0.25) is 0 Å². The average Bonchev–Trinajstić information content (AvgIpc) is 3.39. The fourth-order valence-electron chi connectivity index (χ4n) is 3.66. The van der Waals surface area contributed by atoms with Crippen LogP contribution >= 0.6 is 22.7 Å². The third-order valence-corrected chi connectivity index (χ3v) is 6.89. The van der Waals surface area contributed by atoms with Gasteiger partial charge in [0.1, 0.15) is 18.5 Å². The van der Waals surface area contributed by atoms with Crippen LogP contribution in [0.3, 0.4) is 0 Å². The summed E-state index contributed by atoms with van der Waals surface area (Å²) in [7, 11) is 0. The summed E-state index contributed by atoms with van der Waals surface area (Å²) in [5, 5.41) is 23.6. The first-order valence-corrected chi connectivity index (χ1v) is 11.1. The molecule has 1 aliphatic heterocycles. The molecule has 144 valence electrons. The highest BCUT2D eigenvalue weighted by Gasteiger charge is 2.31. The molecule has 4 nitrogen and oxygen atoms in total. The van der Waals surface area contributed by atoms with Crippen molar-refractivity contribution in [2.45, 2.75) is 25.0 Å². The summed E-state index contributed by atoms with van der Waals surface area (Å²) in [6.07, 6.45) is 0.858. The minimum Gasteiger partial charge on any atom is -0.491 e. The fraction of sp³-hybridized carbons (Fsp3) is 0.318. The van der Waals surface area contributed by atoms with Crippen LogP contribution in [0.5, 0.6) is 5.75 Å². The molecule has 2 atom stereocenters. The van der Waals surface area contributed by atoms with Gasteiger partial charge >= 0.3 is 0 Å². The van der Waals surface area contributed by atoms with Gasteiger partial charge in [-0.2, -0.15) is 5.26 Å². The maximum Gasteiger partial charge on any atom is 0.119 e. The summed E-state index contributed by atoms with van der Waals surface area (Å²) < 4.78 is 5.77. The first-order chi connectivity index (χ1) is 13.7. The summed E-state index contributed by atoms with van der Waals surface area (Å²) in [6, 6.07) is 16.3. The minimum atomic E-state index is -0.568. The van der Waals surface area contributed by atoms with Gasteiger partial charge in [-0.25, -0.2) is 0 Å². The van der Waals surface area contributed by atoms with Gasteiger partial charge in [0.25, 0.3) is 0 Å². The van der Waals surface area contributed by atoms with Crippen LogP contribution in [0, 0.1) is 11.3 Å². The predicted molar refractivity (Wildman–Crippen MR) is 113 cm³/mol. The Balaban J connectivity index is 1.39. The molecule has 0 bridgehead atoms. The molecule has 0 radical (unpaired) electrons. The number of nitriles is 1. The molecule has 28 heavy (non-hydrogen) atoms. The van der Waals surface area contributed by atoms with E-state index < -0.39 is 6.10 Å². The van der Waals surface area contributed by atoms with E-state index in [0.29, 0.717) is 18.7 Å². The molecule has 3 aromatic rings. The van der Waals surface area contributed by atoms with Crippen LogP contribution in [0.4, 0.5) is 0 Å². The van der Waals surface area contributed by atoms with Gasteiger partial charge in [-0.05, 0) is 52.6 Å². The summed E-state index contributed by atoms with van der Waals surface area (Å²) in [5.41, 5.74) is 2.34. The first kappa shape index (κ1) is 19.2. The lowest BCUT2D eigenvalue weighted by Gasteiger charge is -2.36. The molecule has 0 saturated heterocycles. The third kappa shape index (κ3) is 4.29. The van der Waals surface area contributed by atoms with E-state index in [-0.39, 0.29) is 12.6 Å². The van der Waals surface area contributed by atoms with Gasteiger partial charge in [-0.15, -0.1) is 22.7 Å². The van der Waals surface area contributed by atoms with Crippen molar-refractivity contribution in [1.82, 2.24) is 4.90 Å². The Labute approximate surface area is 173 Å². The van der Waals surface area contributed by atoms with Crippen LogP contribution < -0.4 is 4.74 Å². The molecule has 4 rings (SSSR count). The van der Waals surface area contributed by atoms with Gasteiger partial charge in [-0.3, -0.25) is 4.90 Å². The normalized spacial score (nSPS) is 17.6. The molecule has 0 fully saturated rings. The fourth-order valence-corrected chi connectivity index (χ4v) is 5.44. The molecule has 0 amide bonds. The van der Waals surface area contributed by atoms with Gasteiger partial charge in [0.05, 0.1) is 18.5 Å². The molecule has 0 saturated carbocycles. The summed E-state index contributed by atoms with van der Waals surface area (Å²) in [6.45, 7) is 1.77. The highest BCUT2D eigenvalue weighted by atomic mass is 32.1. The molecule has 0 spiro atoms. The van der Waals surface area contributed by atoms with Crippen molar-refractivity contribution in [2.24, 2.45) is 0 Å². The molecule has 6 heteroatoms. The maximum atomic E-state index is 10.6. The van der Waals surface area contributed by atoms with Crippen LogP contribution in [0.1, 0.15) is 26.9 Å². The van der Waals surface area contributed by atoms with Gasteiger partial charge in [-0.1, -0.05) is 18.2 Å². The Morgan fingerprint density at radius 2 is 2.04 bits per heavy atom. The van der Waals surface area contributed by atoms with E-state index in [9.17, 15) is 5.11 Å². The SMILES string of the molecule is N#CCc1ccc(OC[C@@H](O)CN2CCc3sccc3[C@H]2c2cccs2)cc1. The summed E-state index contributed by atoms with van der Waals surface area (Å²) in [5.74, 6) is 0.717. The number of fused-ring (bicyclic) bond motifs is 1. The van der Waals surface area contributed by atoms with Crippen LogP contribution in [-0.4, -0.2) is 35.8 Å². The smallest absolute Gasteiger partial charge is 0.119 e. The molecule has 1 N–H and O–H groups in total. The minimum absolute atomic E-state index is 0.218. The maximum absolute atomic E-state index is 10.6. The van der Waals surface area contributed by atoms with E-state index in [0.717, 1.165) is 18.5 Å². The van der Waals surface area contributed by atoms with Crippen molar-refractivity contribution in [1.29, 1.82) is 5.26 Å². The van der Waals surface area contributed by atoms with E-state index in [4.69, 9.17) is 10.00 Å². The molecule has 0 unspecified atom stereocenters. The second-order valence-electron chi connectivity index (χ2n) is 6.91. The zero-order valence-corrected chi connectivity index (χ0v) is 17.1. The second-order valence-corrected chi connectivity index (χ2v) is 8.89. The zero-order valence-electron chi connectivity index (χ0n) is 15.5. The number of hydrogen-bond donors (Lipinski definition) is 1. The van der Waals surface area contributed by atoms with E-state index in [1.54, 1.807) is 11.3 Å². The van der Waals surface area contributed by atoms with E-state index >= 15 is 0 Å². The number of aliphatic hydroxyl groups is 1. The largest absolute Gasteiger partial charge is 0.491 e. The topological polar surface area (TPSA) is 56.5 Å². The number of ether oxygens (including phenoxy) is 1. The average molecular weight is 411 g/mol. The molecular weight excluding hydrogens is 388 g/mol. The van der Waals surface area contributed by atoms with Crippen molar-refractivity contribution >= 4 is 22.7 Å². The van der Waals surface area contributed by atoms with E-state index in [1.807, 2.05) is 35.6 Å². The Bertz CT molecular complexity index is 928. The van der Waals surface area contributed by atoms with Crippen molar-refractivity contribution in [3.05, 3.63) is 74.1 Å². The molecule has 3 heterocycles. The van der Waals surface area contributed by atoms with E-state index in [2.05, 4.69) is 39.9 Å². The molecule has 1 aromatic carbocycles. The van der Waals surface area contributed by atoms with Crippen molar-refractivity contribution in [3.63, 3.8) is 0 Å². The quantitative estimate of drug-likeness (QED) is 0.632. The Hall–Kier alpha value is -2.17. The van der Waals surface area contributed by atoms with Gasteiger partial charge in [0, 0.05) is 22.8 Å². The third-order valence-electron chi connectivity index (χ3n) is 4.97. The second kappa shape index (κ2) is 8.89. The summed E-state index contributed by atoms with van der Waals surface area (Å²) >= 11 is 3.60. The number of β-amino-alcohol motifs (C(OH)–C–C–N with tert-alkyl or cyclic N) is 1. The number of hydrogen-bond acceptors (Lipinski definition) is 6. The Morgan fingerprint density at radius 3 is 2.79 bits per heavy atom. The number of rotatable bonds is 7. The van der Waals surface area contributed by atoms with Crippen molar-refractivity contribution in [2.75, 3.05) is 19.7 Å². The lowest BCUT2D eigenvalue weighted by molar-refractivity contribution is 0.0562. The van der Waals surface area contributed by atoms with Crippen LogP contribution in [0.25, 0.3) is 0 Å². The van der Waals surface area contributed by atoms with Crippen LogP contribution in [0.15, 0.2) is 53.2 Å². The van der Waals surface area contributed by atoms with Crippen molar-refractivity contribution < 1.29 is 9.84 Å². The van der Waals surface area contributed by atoms with Gasteiger partial charge < -0.3 is 9.84 Å². The summed E-state index contributed by atoms with van der Waals surface area (Å²) in [4.78, 5) is 5.14. The Morgan fingerprint density at radius 1 is 1.18 bits per heavy atom. The number of aliphatic hydroxyl groups excluding tert-OH is 1. The standard InChI is InChI=1S/C22H22N2O2S2/c23-10-7-16-3-5-18(6-4-16)26-15-17(25)14-24-11-8-20-19(9-13-28-20)22(24)21-2-1-12-27-21/h1-6,9,12-13,17,22,25H,7-8,11,14-15H2/t17-,22-/m0/s1. The lowest BCUT2D eigenvalue weighted by atomic mass is 9.98. The van der Waals surface area contributed by atoms with Gasteiger partial charge in [0.15, 0.2) is 0 Å². The monoisotopic (exact) mass is 410 g/mol. The highest BCUT2D eigenvalue weighted by molar-refractivity contribution is 7.10. The highest BCUT2D eigenvalue weighted by Crippen LogP contribution is 2.39. The number of nitrogens with zero attached hydrogens (tertiary/aromatic N) is 2. The molecule has 2 aromatic heterocycles. The number of benzene rings is 1. The molecule has 0 aliphatic carbocycles. The number of thiophene rings is 2. The lowest BCUT2D eigenvalue weighted by Crippen LogP contribution is -2.41. The zero-order chi connectivity index (χ0) is 19.3.